The Morgan fingerprint density at radius 1 is 1.25 bits per heavy atom. The average molecular weight is 218 g/mol. The number of aromatic nitrogens is 2. The van der Waals surface area contributed by atoms with Crippen molar-refractivity contribution in [1.82, 2.24) is 9.97 Å². The molecule has 0 saturated carbocycles. The van der Waals surface area contributed by atoms with E-state index >= 15 is 0 Å². The lowest BCUT2D eigenvalue weighted by atomic mass is 9.96. The van der Waals surface area contributed by atoms with Crippen LogP contribution in [0.15, 0.2) is 6.33 Å². The fourth-order valence-electron chi connectivity index (χ4n) is 2.76. The summed E-state index contributed by atoms with van der Waals surface area (Å²) in [5, 5.41) is 0. The second-order valence-electron chi connectivity index (χ2n) is 4.82. The van der Waals surface area contributed by atoms with Crippen molar-refractivity contribution in [3.05, 3.63) is 17.6 Å². The van der Waals surface area contributed by atoms with E-state index in [0.29, 0.717) is 6.04 Å². The first-order valence-electron chi connectivity index (χ1n) is 6.18. The van der Waals surface area contributed by atoms with Gasteiger partial charge in [-0.05, 0) is 32.1 Å². The molecular weight excluding hydrogens is 200 g/mol. The third kappa shape index (κ3) is 1.67. The Labute approximate surface area is 95.9 Å². The van der Waals surface area contributed by atoms with E-state index in [9.17, 15) is 0 Å². The highest BCUT2D eigenvalue weighted by Crippen LogP contribution is 2.28. The molecule has 2 aliphatic rings. The number of hydrogen-bond acceptors (Lipinski definition) is 4. The second-order valence-corrected chi connectivity index (χ2v) is 4.82. The van der Waals surface area contributed by atoms with Crippen molar-refractivity contribution < 1.29 is 0 Å². The molecule has 0 aromatic carbocycles. The molecule has 86 valence electrons. The molecule has 4 nitrogen and oxygen atoms in total. The topological polar surface area (TPSA) is 55.0 Å². The molecule has 0 amide bonds. The van der Waals surface area contributed by atoms with Gasteiger partial charge in [0, 0.05) is 30.4 Å². The molecular formula is C12H18N4. The SMILES string of the molecule is NC1CCN(c2ncnc3c2CCCC3)C1. The van der Waals surface area contributed by atoms with Gasteiger partial charge in [0.25, 0.3) is 0 Å². The average Bonchev–Trinajstić information content (AvgIpc) is 2.75. The normalized spacial score (nSPS) is 24.6. The Balaban J connectivity index is 1.94. The van der Waals surface area contributed by atoms with Gasteiger partial charge < -0.3 is 10.6 Å². The van der Waals surface area contributed by atoms with Gasteiger partial charge in [0.1, 0.15) is 12.1 Å². The maximum atomic E-state index is 5.95. The molecule has 0 spiro atoms. The van der Waals surface area contributed by atoms with Crippen LogP contribution < -0.4 is 10.6 Å². The molecule has 1 unspecified atom stereocenters. The number of anilines is 1. The zero-order chi connectivity index (χ0) is 11.0. The van der Waals surface area contributed by atoms with E-state index in [4.69, 9.17) is 5.73 Å². The minimum absolute atomic E-state index is 0.314. The van der Waals surface area contributed by atoms with Gasteiger partial charge in [-0.2, -0.15) is 0 Å². The molecule has 1 aliphatic heterocycles. The lowest BCUT2D eigenvalue weighted by Crippen LogP contribution is -2.28. The fraction of sp³-hybridized carbons (Fsp3) is 0.667. The lowest BCUT2D eigenvalue weighted by molar-refractivity contribution is 0.658. The van der Waals surface area contributed by atoms with Crippen LogP contribution in [0, 0.1) is 0 Å². The summed E-state index contributed by atoms with van der Waals surface area (Å²) in [7, 11) is 0. The number of rotatable bonds is 1. The number of nitrogens with two attached hydrogens (primary N) is 1. The van der Waals surface area contributed by atoms with Gasteiger partial charge in [0.05, 0.1) is 0 Å². The summed E-state index contributed by atoms with van der Waals surface area (Å²) in [6.45, 7) is 1.99. The van der Waals surface area contributed by atoms with Gasteiger partial charge in [-0.3, -0.25) is 0 Å². The zero-order valence-electron chi connectivity index (χ0n) is 9.52. The van der Waals surface area contributed by atoms with Crippen LogP contribution in [0.2, 0.25) is 0 Å². The van der Waals surface area contributed by atoms with Crippen LogP contribution in [0.25, 0.3) is 0 Å². The highest BCUT2D eigenvalue weighted by molar-refractivity contribution is 5.50. The van der Waals surface area contributed by atoms with E-state index in [2.05, 4.69) is 14.9 Å². The predicted molar refractivity (Wildman–Crippen MR) is 63.5 cm³/mol. The van der Waals surface area contributed by atoms with E-state index < -0.39 is 0 Å². The summed E-state index contributed by atoms with van der Waals surface area (Å²) in [6.07, 6.45) is 7.58. The number of fused-ring (bicyclic) bond motifs is 1. The Morgan fingerprint density at radius 3 is 2.94 bits per heavy atom. The Kier molecular flexibility index (Phi) is 2.52. The molecule has 2 heterocycles. The first-order chi connectivity index (χ1) is 7.84. The second kappa shape index (κ2) is 4.01. The van der Waals surface area contributed by atoms with E-state index in [0.717, 1.165) is 38.2 Å². The Morgan fingerprint density at radius 2 is 2.12 bits per heavy atom. The first-order valence-corrected chi connectivity index (χ1v) is 6.18. The summed E-state index contributed by atoms with van der Waals surface area (Å²) in [5.41, 5.74) is 8.59. The molecule has 4 heteroatoms. The van der Waals surface area contributed by atoms with Crippen LogP contribution in [0.5, 0.6) is 0 Å². The monoisotopic (exact) mass is 218 g/mol. The van der Waals surface area contributed by atoms with Crippen molar-refractivity contribution in [2.45, 2.75) is 38.1 Å². The number of nitrogens with zero attached hydrogens (tertiary/aromatic N) is 3. The number of hydrogen-bond donors (Lipinski definition) is 1. The third-order valence-corrected chi connectivity index (χ3v) is 3.63. The summed E-state index contributed by atoms with van der Waals surface area (Å²) in [4.78, 5) is 11.2. The van der Waals surface area contributed by atoms with Crippen molar-refractivity contribution >= 4 is 5.82 Å². The quantitative estimate of drug-likeness (QED) is 0.760. The molecule has 1 fully saturated rings. The lowest BCUT2D eigenvalue weighted by Gasteiger charge is -2.23. The third-order valence-electron chi connectivity index (χ3n) is 3.63. The molecule has 1 aromatic heterocycles. The van der Waals surface area contributed by atoms with Crippen molar-refractivity contribution in [1.29, 1.82) is 0 Å². The summed E-state index contributed by atoms with van der Waals surface area (Å²) in [5.74, 6) is 1.15. The van der Waals surface area contributed by atoms with Gasteiger partial charge in [0.2, 0.25) is 0 Å². The van der Waals surface area contributed by atoms with Crippen molar-refractivity contribution in [3.63, 3.8) is 0 Å². The van der Waals surface area contributed by atoms with Crippen LogP contribution in [0.4, 0.5) is 5.82 Å². The van der Waals surface area contributed by atoms with E-state index in [1.165, 1.54) is 24.1 Å². The van der Waals surface area contributed by atoms with E-state index in [1.807, 2.05) is 0 Å². The van der Waals surface area contributed by atoms with Gasteiger partial charge in [-0.15, -0.1) is 0 Å². The molecule has 1 saturated heterocycles. The minimum Gasteiger partial charge on any atom is -0.355 e. The van der Waals surface area contributed by atoms with Gasteiger partial charge in [0.15, 0.2) is 0 Å². The predicted octanol–water partition coefficient (Wildman–Crippen LogP) is 0.893. The smallest absolute Gasteiger partial charge is 0.135 e. The van der Waals surface area contributed by atoms with Crippen LogP contribution in [0.1, 0.15) is 30.5 Å². The van der Waals surface area contributed by atoms with Crippen molar-refractivity contribution in [2.75, 3.05) is 18.0 Å². The molecule has 2 N–H and O–H groups in total. The zero-order valence-corrected chi connectivity index (χ0v) is 9.52. The summed E-state index contributed by atoms with van der Waals surface area (Å²) < 4.78 is 0. The highest BCUT2D eigenvalue weighted by Gasteiger charge is 2.24. The molecule has 16 heavy (non-hydrogen) atoms. The maximum absolute atomic E-state index is 5.95. The Bertz CT molecular complexity index is 391. The molecule has 1 atom stereocenters. The molecule has 3 rings (SSSR count). The molecule has 0 bridgehead atoms. The summed E-state index contributed by atoms with van der Waals surface area (Å²) >= 11 is 0. The van der Waals surface area contributed by atoms with Crippen LogP contribution in [0.3, 0.4) is 0 Å². The molecule has 1 aromatic rings. The standard InChI is InChI=1S/C12H18N4/c13-9-5-6-16(7-9)12-10-3-1-2-4-11(10)14-8-15-12/h8-9H,1-7,13H2. The maximum Gasteiger partial charge on any atom is 0.135 e. The Hall–Kier alpha value is -1.16. The van der Waals surface area contributed by atoms with Gasteiger partial charge in [-0.1, -0.05) is 0 Å². The number of aryl methyl sites for hydroxylation is 1. The van der Waals surface area contributed by atoms with Crippen LogP contribution in [-0.4, -0.2) is 29.1 Å². The van der Waals surface area contributed by atoms with Crippen molar-refractivity contribution in [3.8, 4) is 0 Å². The summed E-state index contributed by atoms with van der Waals surface area (Å²) in [6, 6.07) is 0.314. The largest absolute Gasteiger partial charge is 0.355 e. The fourth-order valence-corrected chi connectivity index (χ4v) is 2.76. The van der Waals surface area contributed by atoms with Crippen molar-refractivity contribution in [2.24, 2.45) is 5.73 Å². The van der Waals surface area contributed by atoms with Crippen LogP contribution in [-0.2, 0) is 12.8 Å². The highest BCUT2D eigenvalue weighted by atomic mass is 15.2. The van der Waals surface area contributed by atoms with E-state index in [1.54, 1.807) is 6.33 Å². The van der Waals surface area contributed by atoms with E-state index in [-0.39, 0.29) is 0 Å². The minimum atomic E-state index is 0.314. The van der Waals surface area contributed by atoms with Gasteiger partial charge >= 0.3 is 0 Å². The molecule has 1 aliphatic carbocycles. The first kappa shape index (κ1) is 10.0. The molecule has 0 radical (unpaired) electrons. The van der Waals surface area contributed by atoms with Crippen LogP contribution >= 0.6 is 0 Å². The van der Waals surface area contributed by atoms with Gasteiger partial charge in [-0.25, -0.2) is 9.97 Å².